The molecule has 1 aliphatic carbocycles. The van der Waals surface area contributed by atoms with Gasteiger partial charge in [-0.1, -0.05) is 12.8 Å². The summed E-state index contributed by atoms with van der Waals surface area (Å²) >= 11 is 0. The first kappa shape index (κ1) is 20.4. The molecule has 1 N–H and O–H groups in total. The lowest BCUT2D eigenvalue weighted by molar-refractivity contribution is -0.168. The molecule has 1 saturated carbocycles. The van der Waals surface area contributed by atoms with Crippen molar-refractivity contribution in [1.82, 2.24) is 20.0 Å². The van der Waals surface area contributed by atoms with Gasteiger partial charge in [-0.3, -0.25) is 19.4 Å². The number of likely N-dealkylation sites (tertiary alicyclic amines) is 1. The molecule has 154 valence electrons. The van der Waals surface area contributed by atoms with Gasteiger partial charge in [-0.05, 0) is 25.7 Å². The number of nitrogens with zero attached hydrogens (tertiary/aromatic N) is 3. The van der Waals surface area contributed by atoms with Crippen LogP contribution in [0, 0.1) is 0 Å². The van der Waals surface area contributed by atoms with Gasteiger partial charge in [0.2, 0.25) is 11.8 Å². The van der Waals surface area contributed by atoms with Crippen LogP contribution >= 0.6 is 0 Å². The number of nitrogens with one attached hydrogen (secondary N) is 1. The summed E-state index contributed by atoms with van der Waals surface area (Å²) in [4.78, 5) is 29.6. The summed E-state index contributed by atoms with van der Waals surface area (Å²) in [5.74, 6) is -0.369. The molecule has 0 bridgehead atoms. The summed E-state index contributed by atoms with van der Waals surface area (Å²) < 4.78 is 37.9. The van der Waals surface area contributed by atoms with Gasteiger partial charge in [0.15, 0.2) is 0 Å². The van der Waals surface area contributed by atoms with Gasteiger partial charge in [0.05, 0.1) is 12.6 Å². The van der Waals surface area contributed by atoms with Gasteiger partial charge in [0, 0.05) is 38.8 Å². The van der Waals surface area contributed by atoms with E-state index in [-0.39, 0.29) is 12.5 Å². The largest absolute Gasteiger partial charge is 0.406 e. The monoisotopic (exact) mass is 390 g/mol. The number of carbonyl (C=O) groups is 2. The van der Waals surface area contributed by atoms with Gasteiger partial charge < -0.3 is 10.2 Å². The summed E-state index contributed by atoms with van der Waals surface area (Å²) in [6.45, 7) is 1.88. The topological polar surface area (TPSA) is 55.9 Å². The van der Waals surface area contributed by atoms with Crippen LogP contribution in [0.1, 0.15) is 38.5 Å². The Bertz CT molecular complexity index is 529. The van der Waals surface area contributed by atoms with Crippen LogP contribution in [0.15, 0.2) is 0 Å². The Labute approximate surface area is 158 Å². The summed E-state index contributed by atoms with van der Waals surface area (Å²) in [5, 5.41) is 3.07. The zero-order valence-corrected chi connectivity index (χ0v) is 15.6. The molecule has 0 aromatic rings. The average molecular weight is 390 g/mol. The third-order valence-electron chi connectivity index (χ3n) is 5.81. The van der Waals surface area contributed by atoms with Crippen LogP contribution in [0.4, 0.5) is 13.2 Å². The molecular weight excluding hydrogens is 361 g/mol. The Morgan fingerprint density at radius 2 is 1.67 bits per heavy atom. The maximum atomic E-state index is 12.6. The van der Waals surface area contributed by atoms with Gasteiger partial charge in [-0.25, -0.2) is 0 Å². The zero-order chi connectivity index (χ0) is 19.4. The number of rotatable bonds is 5. The van der Waals surface area contributed by atoms with Gasteiger partial charge in [-0.15, -0.1) is 0 Å². The third-order valence-corrected chi connectivity index (χ3v) is 5.81. The lowest BCUT2D eigenvalue weighted by atomic mass is 10.0. The molecule has 2 amide bonds. The lowest BCUT2D eigenvalue weighted by Crippen LogP contribution is -2.59. The van der Waals surface area contributed by atoms with Crippen LogP contribution in [-0.4, -0.2) is 90.6 Å². The lowest BCUT2D eigenvalue weighted by Gasteiger charge is -2.42. The summed E-state index contributed by atoms with van der Waals surface area (Å²) in [7, 11) is 0. The van der Waals surface area contributed by atoms with Crippen LogP contribution in [0.2, 0.25) is 0 Å². The van der Waals surface area contributed by atoms with Crippen LogP contribution < -0.4 is 5.32 Å². The van der Waals surface area contributed by atoms with E-state index in [9.17, 15) is 22.8 Å². The Morgan fingerprint density at radius 1 is 1.00 bits per heavy atom. The number of piperazine rings is 1. The van der Waals surface area contributed by atoms with Crippen molar-refractivity contribution in [3.05, 3.63) is 0 Å². The van der Waals surface area contributed by atoms with Crippen molar-refractivity contribution in [1.29, 1.82) is 0 Å². The number of alkyl halides is 3. The molecule has 0 aromatic heterocycles. The number of hydrogen-bond donors (Lipinski definition) is 1. The SMILES string of the molecule is O=C(CN1CCN([C@H]2CCCN(CC(F)(F)F)C2=O)CC1)NC1CCCC1. The van der Waals surface area contributed by atoms with E-state index in [1.807, 2.05) is 4.90 Å². The Kier molecular flexibility index (Phi) is 6.62. The highest BCUT2D eigenvalue weighted by molar-refractivity contribution is 5.82. The molecule has 27 heavy (non-hydrogen) atoms. The molecule has 1 atom stereocenters. The molecule has 0 radical (unpaired) electrons. The minimum Gasteiger partial charge on any atom is -0.352 e. The van der Waals surface area contributed by atoms with Crippen LogP contribution in [0.25, 0.3) is 0 Å². The number of amides is 2. The highest BCUT2D eigenvalue weighted by Crippen LogP contribution is 2.23. The first-order valence-corrected chi connectivity index (χ1v) is 9.93. The highest BCUT2D eigenvalue weighted by atomic mass is 19.4. The van der Waals surface area contributed by atoms with Crippen molar-refractivity contribution in [3.8, 4) is 0 Å². The molecule has 9 heteroatoms. The van der Waals surface area contributed by atoms with Crippen molar-refractivity contribution in [2.45, 2.75) is 56.8 Å². The summed E-state index contributed by atoms with van der Waals surface area (Å²) in [6.07, 6.45) is 1.29. The minimum atomic E-state index is -4.36. The van der Waals surface area contributed by atoms with E-state index in [4.69, 9.17) is 0 Å². The molecule has 6 nitrogen and oxygen atoms in total. The first-order valence-electron chi connectivity index (χ1n) is 9.93. The Morgan fingerprint density at radius 3 is 2.30 bits per heavy atom. The quantitative estimate of drug-likeness (QED) is 0.767. The molecule has 0 spiro atoms. The van der Waals surface area contributed by atoms with E-state index in [1.54, 1.807) is 0 Å². The second-order valence-electron chi connectivity index (χ2n) is 7.89. The standard InChI is InChI=1S/C18H29F3N4O2/c19-18(20,21)13-25-7-3-6-15(17(25)27)24-10-8-23(9-11-24)12-16(26)22-14-4-1-2-5-14/h14-15H,1-13H2,(H,22,26)/t15-/m0/s1. The zero-order valence-electron chi connectivity index (χ0n) is 15.6. The number of piperidine rings is 1. The van der Waals surface area contributed by atoms with Crippen molar-refractivity contribution in [2.75, 3.05) is 45.8 Å². The van der Waals surface area contributed by atoms with Crippen molar-refractivity contribution >= 4 is 11.8 Å². The Balaban J connectivity index is 1.44. The van der Waals surface area contributed by atoms with Gasteiger partial charge in [-0.2, -0.15) is 13.2 Å². The van der Waals surface area contributed by atoms with Crippen LogP contribution in [-0.2, 0) is 9.59 Å². The highest BCUT2D eigenvalue weighted by Gasteiger charge is 2.40. The maximum absolute atomic E-state index is 12.6. The number of carbonyl (C=O) groups excluding carboxylic acids is 2. The number of halogens is 3. The van der Waals surface area contributed by atoms with Gasteiger partial charge in [0.25, 0.3) is 0 Å². The molecular formula is C18H29F3N4O2. The third kappa shape index (κ3) is 5.81. The molecule has 2 saturated heterocycles. The van der Waals surface area contributed by atoms with E-state index >= 15 is 0 Å². The van der Waals surface area contributed by atoms with Gasteiger partial charge in [0.1, 0.15) is 6.54 Å². The molecule has 2 heterocycles. The van der Waals surface area contributed by atoms with Crippen molar-refractivity contribution < 1.29 is 22.8 Å². The first-order chi connectivity index (χ1) is 12.8. The second-order valence-corrected chi connectivity index (χ2v) is 7.89. The Hall–Kier alpha value is -1.35. The van der Waals surface area contributed by atoms with Crippen LogP contribution in [0.3, 0.4) is 0 Å². The summed E-state index contributed by atoms with van der Waals surface area (Å²) in [6, 6.07) is -0.158. The van der Waals surface area contributed by atoms with Crippen molar-refractivity contribution in [2.24, 2.45) is 0 Å². The minimum absolute atomic E-state index is 0.0421. The van der Waals surface area contributed by atoms with E-state index in [0.717, 1.165) is 17.7 Å². The molecule has 3 aliphatic rings. The normalized spacial score (nSPS) is 26.6. The average Bonchev–Trinajstić information content (AvgIpc) is 3.09. The predicted molar refractivity (Wildman–Crippen MR) is 94.1 cm³/mol. The predicted octanol–water partition coefficient (Wildman–Crippen LogP) is 1.22. The molecule has 3 fully saturated rings. The molecule has 3 rings (SSSR count). The maximum Gasteiger partial charge on any atom is 0.406 e. The molecule has 0 aromatic carbocycles. The fraction of sp³-hybridized carbons (Fsp3) is 0.889. The van der Waals surface area contributed by atoms with E-state index in [0.29, 0.717) is 51.6 Å². The van der Waals surface area contributed by atoms with Crippen LogP contribution in [0.5, 0.6) is 0 Å². The van der Waals surface area contributed by atoms with E-state index in [2.05, 4.69) is 10.2 Å². The van der Waals surface area contributed by atoms with Gasteiger partial charge >= 0.3 is 6.18 Å². The second kappa shape index (κ2) is 8.77. The van der Waals surface area contributed by atoms with E-state index < -0.39 is 24.7 Å². The number of hydrogen-bond acceptors (Lipinski definition) is 4. The fourth-order valence-corrected chi connectivity index (χ4v) is 4.41. The van der Waals surface area contributed by atoms with Crippen molar-refractivity contribution in [3.63, 3.8) is 0 Å². The summed E-state index contributed by atoms with van der Waals surface area (Å²) in [5.41, 5.74) is 0. The molecule has 0 unspecified atom stereocenters. The molecule has 2 aliphatic heterocycles. The smallest absolute Gasteiger partial charge is 0.352 e. The fourth-order valence-electron chi connectivity index (χ4n) is 4.41. The van der Waals surface area contributed by atoms with E-state index in [1.165, 1.54) is 12.8 Å².